The molecule has 0 unspecified atom stereocenters. The zero-order valence-corrected chi connectivity index (χ0v) is 14.4. The molecule has 0 N–H and O–H groups in total. The molecule has 4 nitrogen and oxygen atoms in total. The summed E-state index contributed by atoms with van der Waals surface area (Å²) in [4.78, 5) is 2.22. The highest BCUT2D eigenvalue weighted by atomic mass is 35.5. The highest BCUT2D eigenvalue weighted by molar-refractivity contribution is 6.42. The first-order valence-corrected chi connectivity index (χ1v) is 8.53. The van der Waals surface area contributed by atoms with Gasteiger partial charge in [0.25, 0.3) is 0 Å². The average Bonchev–Trinajstić information content (AvgIpc) is 2.64. The van der Waals surface area contributed by atoms with Gasteiger partial charge in [0.05, 0.1) is 23.3 Å². The highest BCUT2D eigenvalue weighted by Gasteiger charge is 2.18. The van der Waals surface area contributed by atoms with E-state index in [9.17, 15) is 0 Å². The third-order valence-electron chi connectivity index (χ3n) is 4.17. The standard InChI is InChI=1S/C18H15Cl2N3O/c19-15-6-5-12(11-16(15)20)17-13-3-1-2-4-14(13)18(22-21-17)23-7-9-24-10-8-23/h1-6,11H,7-10H2. The third-order valence-corrected chi connectivity index (χ3v) is 4.91. The molecule has 0 saturated carbocycles. The summed E-state index contributed by atoms with van der Waals surface area (Å²) in [6.45, 7) is 3.07. The zero-order chi connectivity index (χ0) is 16.5. The quantitative estimate of drug-likeness (QED) is 0.677. The molecule has 1 aliphatic heterocycles. The Morgan fingerprint density at radius 1 is 0.875 bits per heavy atom. The summed E-state index contributed by atoms with van der Waals surface area (Å²) in [5.41, 5.74) is 1.71. The minimum absolute atomic E-state index is 0.511. The van der Waals surface area contributed by atoms with E-state index in [0.29, 0.717) is 23.3 Å². The Morgan fingerprint density at radius 2 is 1.62 bits per heavy atom. The molecule has 24 heavy (non-hydrogen) atoms. The summed E-state index contributed by atoms with van der Waals surface area (Å²) < 4.78 is 5.43. The summed E-state index contributed by atoms with van der Waals surface area (Å²) in [6, 6.07) is 13.7. The number of halogens is 2. The van der Waals surface area contributed by atoms with Crippen LogP contribution in [0.2, 0.25) is 10.0 Å². The minimum Gasteiger partial charge on any atom is -0.378 e. The number of hydrogen-bond donors (Lipinski definition) is 0. The van der Waals surface area contributed by atoms with Crippen molar-refractivity contribution in [2.24, 2.45) is 0 Å². The van der Waals surface area contributed by atoms with Crippen molar-refractivity contribution in [3.05, 3.63) is 52.5 Å². The molecule has 3 aromatic rings. The summed E-state index contributed by atoms with van der Waals surface area (Å²) in [5.74, 6) is 0.901. The Bertz CT molecular complexity index is 895. The molecular formula is C18H15Cl2N3O. The highest BCUT2D eigenvalue weighted by Crippen LogP contribution is 2.34. The van der Waals surface area contributed by atoms with E-state index in [2.05, 4.69) is 27.2 Å². The lowest BCUT2D eigenvalue weighted by atomic mass is 10.0. The van der Waals surface area contributed by atoms with Crippen molar-refractivity contribution < 1.29 is 4.74 Å². The fourth-order valence-electron chi connectivity index (χ4n) is 2.96. The van der Waals surface area contributed by atoms with E-state index < -0.39 is 0 Å². The molecule has 1 aromatic heterocycles. The Balaban J connectivity index is 1.87. The summed E-state index contributed by atoms with van der Waals surface area (Å²) in [7, 11) is 0. The van der Waals surface area contributed by atoms with Gasteiger partial charge in [0, 0.05) is 29.4 Å². The number of benzene rings is 2. The molecule has 0 spiro atoms. The van der Waals surface area contributed by atoms with Crippen molar-refractivity contribution >= 4 is 39.8 Å². The molecule has 0 atom stereocenters. The van der Waals surface area contributed by atoms with Gasteiger partial charge in [-0.25, -0.2) is 0 Å². The number of morpholine rings is 1. The van der Waals surface area contributed by atoms with E-state index in [4.69, 9.17) is 27.9 Å². The first kappa shape index (κ1) is 15.6. The number of anilines is 1. The topological polar surface area (TPSA) is 38.2 Å². The normalized spacial score (nSPS) is 15.0. The van der Waals surface area contributed by atoms with Gasteiger partial charge in [-0.1, -0.05) is 53.5 Å². The maximum atomic E-state index is 6.17. The van der Waals surface area contributed by atoms with Crippen LogP contribution >= 0.6 is 23.2 Å². The van der Waals surface area contributed by atoms with Gasteiger partial charge in [-0.05, 0) is 12.1 Å². The van der Waals surface area contributed by atoms with E-state index in [1.165, 1.54) is 0 Å². The summed E-state index contributed by atoms with van der Waals surface area (Å²) in [5, 5.41) is 12.2. The maximum Gasteiger partial charge on any atom is 0.159 e. The van der Waals surface area contributed by atoms with Gasteiger partial charge in [-0.3, -0.25) is 0 Å². The van der Waals surface area contributed by atoms with E-state index in [0.717, 1.165) is 40.9 Å². The van der Waals surface area contributed by atoms with Crippen LogP contribution in [0, 0.1) is 0 Å². The predicted molar refractivity (Wildman–Crippen MR) is 98.0 cm³/mol. The largest absolute Gasteiger partial charge is 0.378 e. The Morgan fingerprint density at radius 3 is 2.38 bits per heavy atom. The van der Waals surface area contributed by atoms with Gasteiger partial charge in [-0.2, -0.15) is 0 Å². The van der Waals surface area contributed by atoms with Gasteiger partial charge in [0.1, 0.15) is 5.69 Å². The number of aromatic nitrogens is 2. The van der Waals surface area contributed by atoms with E-state index in [1.54, 1.807) is 6.07 Å². The van der Waals surface area contributed by atoms with Gasteiger partial charge in [0.15, 0.2) is 5.82 Å². The molecule has 2 aromatic carbocycles. The molecule has 0 bridgehead atoms. The smallest absolute Gasteiger partial charge is 0.159 e. The van der Waals surface area contributed by atoms with Crippen LogP contribution in [0.5, 0.6) is 0 Å². The van der Waals surface area contributed by atoms with E-state index in [-0.39, 0.29) is 0 Å². The Kier molecular flexibility index (Phi) is 4.27. The number of rotatable bonds is 2. The molecule has 0 radical (unpaired) electrons. The van der Waals surface area contributed by atoms with Gasteiger partial charge in [0.2, 0.25) is 0 Å². The SMILES string of the molecule is Clc1ccc(-c2nnc(N3CCOCC3)c3ccccc23)cc1Cl. The van der Waals surface area contributed by atoms with Crippen LogP contribution in [0.1, 0.15) is 0 Å². The lowest BCUT2D eigenvalue weighted by Crippen LogP contribution is -2.37. The number of ether oxygens (including phenoxy) is 1. The van der Waals surface area contributed by atoms with Crippen LogP contribution in [0.4, 0.5) is 5.82 Å². The van der Waals surface area contributed by atoms with Crippen molar-refractivity contribution in [2.45, 2.75) is 0 Å². The van der Waals surface area contributed by atoms with Gasteiger partial charge in [-0.15, -0.1) is 10.2 Å². The number of hydrogen-bond acceptors (Lipinski definition) is 4. The molecule has 1 fully saturated rings. The van der Waals surface area contributed by atoms with Crippen molar-refractivity contribution in [3.63, 3.8) is 0 Å². The van der Waals surface area contributed by atoms with Crippen molar-refractivity contribution in [2.75, 3.05) is 31.2 Å². The number of fused-ring (bicyclic) bond motifs is 1. The number of nitrogens with zero attached hydrogens (tertiary/aromatic N) is 3. The molecule has 4 rings (SSSR count). The maximum absolute atomic E-state index is 6.17. The first-order valence-electron chi connectivity index (χ1n) is 7.77. The van der Waals surface area contributed by atoms with Crippen LogP contribution in [-0.4, -0.2) is 36.5 Å². The first-order chi connectivity index (χ1) is 11.7. The Hall–Kier alpha value is -1.88. The molecule has 0 aliphatic carbocycles. The van der Waals surface area contributed by atoms with Crippen LogP contribution in [0.25, 0.3) is 22.0 Å². The lowest BCUT2D eigenvalue weighted by Gasteiger charge is -2.28. The predicted octanol–water partition coefficient (Wildman–Crippen LogP) is 4.44. The molecular weight excluding hydrogens is 345 g/mol. The second-order valence-corrected chi connectivity index (χ2v) is 6.46. The summed E-state index contributed by atoms with van der Waals surface area (Å²) in [6.07, 6.45) is 0. The fourth-order valence-corrected chi connectivity index (χ4v) is 3.25. The average molecular weight is 360 g/mol. The molecule has 122 valence electrons. The molecule has 2 heterocycles. The van der Waals surface area contributed by atoms with Crippen LogP contribution < -0.4 is 4.90 Å². The van der Waals surface area contributed by atoms with Crippen LogP contribution in [-0.2, 0) is 4.74 Å². The van der Waals surface area contributed by atoms with Crippen LogP contribution in [0.3, 0.4) is 0 Å². The van der Waals surface area contributed by atoms with Crippen molar-refractivity contribution in [3.8, 4) is 11.3 Å². The Labute approximate surface area is 150 Å². The van der Waals surface area contributed by atoms with E-state index in [1.807, 2.05) is 24.3 Å². The minimum atomic E-state index is 0.511. The van der Waals surface area contributed by atoms with Crippen LogP contribution in [0.15, 0.2) is 42.5 Å². The third kappa shape index (κ3) is 2.81. The molecule has 6 heteroatoms. The summed E-state index contributed by atoms with van der Waals surface area (Å²) >= 11 is 12.2. The van der Waals surface area contributed by atoms with Crippen molar-refractivity contribution in [1.29, 1.82) is 0 Å². The second kappa shape index (κ2) is 6.55. The zero-order valence-electron chi connectivity index (χ0n) is 12.9. The molecule has 1 aliphatic rings. The second-order valence-electron chi connectivity index (χ2n) is 5.65. The monoisotopic (exact) mass is 359 g/mol. The van der Waals surface area contributed by atoms with Gasteiger partial charge < -0.3 is 9.64 Å². The molecule has 1 saturated heterocycles. The lowest BCUT2D eigenvalue weighted by molar-refractivity contribution is 0.122. The van der Waals surface area contributed by atoms with Gasteiger partial charge >= 0.3 is 0 Å². The fraction of sp³-hybridized carbons (Fsp3) is 0.222. The molecule has 0 amide bonds. The van der Waals surface area contributed by atoms with Crippen molar-refractivity contribution in [1.82, 2.24) is 10.2 Å². The van der Waals surface area contributed by atoms with E-state index >= 15 is 0 Å².